The number of methoxy groups -OCH3 is 1. The SMILES string of the molecule is CCNC(=NCc1ccc(COC)cc1)NCCc1ccccc1F. The number of rotatable bonds is 8. The van der Waals surface area contributed by atoms with E-state index in [1.54, 1.807) is 13.2 Å². The van der Waals surface area contributed by atoms with Crippen LogP contribution in [-0.4, -0.2) is 26.2 Å². The molecule has 0 saturated carbocycles. The van der Waals surface area contributed by atoms with E-state index >= 15 is 0 Å². The number of benzene rings is 2. The highest BCUT2D eigenvalue weighted by Gasteiger charge is 2.02. The van der Waals surface area contributed by atoms with Crippen molar-refractivity contribution in [3.05, 3.63) is 71.0 Å². The first-order chi connectivity index (χ1) is 12.2. The molecule has 0 spiro atoms. The molecule has 2 aromatic carbocycles. The van der Waals surface area contributed by atoms with E-state index in [-0.39, 0.29) is 5.82 Å². The van der Waals surface area contributed by atoms with Crippen LogP contribution < -0.4 is 10.6 Å². The fraction of sp³-hybridized carbons (Fsp3) is 0.350. The first-order valence-electron chi connectivity index (χ1n) is 8.55. The van der Waals surface area contributed by atoms with Crippen LogP contribution in [0.25, 0.3) is 0 Å². The lowest BCUT2D eigenvalue weighted by Gasteiger charge is -2.11. The molecule has 2 N–H and O–H groups in total. The fourth-order valence-corrected chi connectivity index (χ4v) is 2.44. The average molecular weight is 343 g/mol. The van der Waals surface area contributed by atoms with Gasteiger partial charge in [0.15, 0.2) is 5.96 Å². The highest BCUT2D eigenvalue weighted by atomic mass is 19.1. The molecule has 2 rings (SSSR count). The summed E-state index contributed by atoms with van der Waals surface area (Å²) in [5.74, 6) is 0.571. The highest BCUT2D eigenvalue weighted by molar-refractivity contribution is 5.79. The first kappa shape index (κ1) is 18.9. The summed E-state index contributed by atoms with van der Waals surface area (Å²) in [6.07, 6.45) is 0.614. The number of nitrogens with one attached hydrogen (secondary N) is 2. The van der Waals surface area contributed by atoms with E-state index in [4.69, 9.17) is 4.74 Å². The number of ether oxygens (including phenoxy) is 1. The molecule has 0 bridgehead atoms. The van der Waals surface area contributed by atoms with Gasteiger partial charge in [0.25, 0.3) is 0 Å². The summed E-state index contributed by atoms with van der Waals surface area (Å²) in [6.45, 7) is 4.62. The Balaban J connectivity index is 1.88. The molecule has 134 valence electrons. The van der Waals surface area contributed by atoms with Crippen LogP contribution in [0.4, 0.5) is 4.39 Å². The molecule has 0 atom stereocenters. The maximum Gasteiger partial charge on any atom is 0.191 e. The Morgan fingerprint density at radius 1 is 1.04 bits per heavy atom. The highest BCUT2D eigenvalue weighted by Crippen LogP contribution is 2.07. The maximum absolute atomic E-state index is 13.6. The van der Waals surface area contributed by atoms with Gasteiger partial charge in [-0.2, -0.15) is 0 Å². The monoisotopic (exact) mass is 343 g/mol. The summed E-state index contributed by atoms with van der Waals surface area (Å²) in [4.78, 5) is 4.58. The van der Waals surface area contributed by atoms with Crippen molar-refractivity contribution in [2.75, 3.05) is 20.2 Å². The Bertz CT molecular complexity index is 671. The third-order valence-electron chi connectivity index (χ3n) is 3.74. The second-order valence-electron chi connectivity index (χ2n) is 5.71. The van der Waals surface area contributed by atoms with Crippen molar-refractivity contribution in [2.24, 2.45) is 4.99 Å². The number of halogens is 1. The van der Waals surface area contributed by atoms with E-state index in [1.165, 1.54) is 6.07 Å². The molecular weight excluding hydrogens is 317 g/mol. The number of nitrogens with zero attached hydrogens (tertiary/aromatic N) is 1. The maximum atomic E-state index is 13.6. The molecule has 0 radical (unpaired) electrons. The van der Waals surface area contributed by atoms with Gasteiger partial charge in [0.2, 0.25) is 0 Å². The van der Waals surface area contributed by atoms with Gasteiger partial charge in [-0.05, 0) is 36.1 Å². The Morgan fingerprint density at radius 3 is 2.44 bits per heavy atom. The lowest BCUT2D eigenvalue weighted by atomic mass is 10.1. The summed E-state index contributed by atoms with van der Waals surface area (Å²) in [5, 5.41) is 6.46. The van der Waals surface area contributed by atoms with Gasteiger partial charge >= 0.3 is 0 Å². The summed E-state index contributed by atoms with van der Waals surface area (Å²) in [7, 11) is 1.69. The van der Waals surface area contributed by atoms with E-state index in [0.717, 1.165) is 23.6 Å². The number of guanidine groups is 1. The zero-order chi connectivity index (χ0) is 17.9. The first-order valence-corrected chi connectivity index (χ1v) is 8.55. The van der Waals surface area contributed by atoms with E-state index in [1.807, 2.05) is 31.2 Å². The molecule has 0 saturated heterocycles. The third-order valence-corrected chi connectivity index (χ3v) is 3.74. The molecule has 0 amide bonds. The van der Waals surface area contributed by atoms with Crippen molar-refractivity contribution < 1.29 is 9.13 Å². The molecule has 0 unspecified atom stereocenters. The van der Waals surface area contributed by atoms with Crippen LogP contribution in [0.15, 0.2) is 53.5 Å². The van der Waals surface area contributed by atoms with Gasteiger partial charge < -0.3 is 15.4 Å². The van der Waals surface area contributed by atoms with Crippen molar-refractivity contribution >= 4 is 5.96 Å². The molecule has 0 aliphatic carbocycles. The zero-order valence-corrected chi connectivity index (χ0v) is 14.9. The standard InChI is InChI=1S/C20H26FN3O/c1-3-22-20(23-13-12-18-6-4-5-7-19(18)21)24-14-16-8-10-17(11-9-16)15-25-2/h4-11H,3,12-15H2,1-2H3,(H2,22,23,24). The van der Waals surface area contributed by atoms with Gasteiger partial charge in [0.1, 0.15) is 5.82 Å². The second-order valence-corrected chi connectivity index (χ2v) is 5.71. The van der Waals surface area contributed by atoms with Crippen molar-refractivity contribution in [3.63, 3.8) is 0 Å². The number of hydrogen-bond acceptors (Lipinski definition) is 2. The van der Waals surface area contributed by atoms with Crippen LogP contribution in [0.2, 0.25) is 0 Å². The van der Waals surface area contributed by atoms with E-state index in [0.29, 0.717) is 31.7 Å². The molecule has 0 fully saturated rings. The third kappa shape index (κ3) is 6.55. The van der Waals surface area contributed by atoms with Gasteiger partial charge in [-0.1, -0.05) is 42.5 Å². The summed E-state index contributed by atoms with van der Waals surface area (Å²) < 4.78 is 18.7. The Kier molecular flexibility index (Phi) is 7.92. The predicted octanol–water partition coefficient (Wildman–Crippen LogP) is 3.27. The molecule has 4 nitrogen and oxygen atoms in total. The Labute approximate surface area is 149 Å². The predicted molar refractivity (Wildman–Crippen MR) is 100 cm³/mol. The molecule has 0 aliphatic heterocycles. The minimum atomic E-state index is -0.164. The quantitative estimate of drug-likeness (QED) is 0.571. The smallest absolute Gasteiger partial charge is 0.191 e. The fourth-order valence-electron chi connectivity index (χ4n) is 2.44. The summed E-state index contributed by atoms with van der Waals surface area (Å²) >= 11 is 0. The molecule has 0 aromatic heterocycles. The van der Waals surface area contributed by atoms with Gasteiger partial charge in [-0.25, -0.2) is 9.38 Å². The summed E-state index contributed by atoms with van der Waals surface area (Å²) in [6, 6.07) is 15.1. The number of hydrogen-bond donors (Lipinski definition) is 2. The van der Waals surface area contributed by atoms with E-state index in [9.17, 15) is 4.39 Å². The van der Waals surface area contributed by atoms with Gasteiger partial charge in [-0.15, -0.1) is 0 Å². The van der Waals surface area contributed by atoms with Gasteiger partial charge in [0.05, 0.1) is 13.2 Å². The van der Waals surface area contributed by atoms with Crippen LogP contribution in [0.1, 0.15) is 23.6 Å². The van der Waals surface area contributed by atoms with Crippen LogP contribution in [0, 0.1) is 5.82 Å². The summed E-state index contributed by atoms with van der Waals surface area (Å²) in [5.41, 5.74) is 2.98. The van der Waals surface area contributed by atoms with Gasteiger partial charge in [0, 0.05) is 20.2 Å². The van der Waals surface area contributed by atoms with Crippen LogP contribution in [-0.2, 0) is 24.3 Å². The van der Waals surface area contributed by atoms with Crippen molar-refractivity contribution in [2.45, 2.75) is 26.5 Å². The average Bonchev–Trinajstić information content (AvgIpc) is 2.63. The van der Waals surface area contributed by atoms with Crippen LogP contribution in [0.3, 0.4) is 0 Å². The lowest BCUT2D eigenvalue weighted by molar-refractivity contribution is 0.185. The molecule has 0 aliphatic rings. The molecule has 5 heteroatoms. The molecular formula is C20H26FN3O. The van der Waals surface area contributed by atoms with Crippen LogP contribution >= 0.6 is 0 Å². The van der Waals surface area contributed by atoms with Gasteiger partial charge in [-0.3, -0.25) is 0 Å². The Morgan fingerprint density at radius 2 is 1.76 bits per heavy atom. The van der Waals surface area contributed by atoms with Crippen molar-refractivity contribution in [3.8, 4) is 0 Å². The number of aliphatic imine (C=N–C) groups is 1. The van der Waals surface area contributed by atoms with E-state index < -0.39 is 0 Å². The molecule has 0 heterocycles. The molecule has 25 heavy (non-hydrogen) atoms. The topological polar surface area (TPSA) is 45.7 Å². The van der Waals surface area contributed by atoms with Crippen LogP contribution in [0.5, 0.6) is 0 Å². The Hall–Kier alpha value is -2.40. The second kappa shape index (κ2) is 10.5. The van der Waals surface area contributed by atoms with Crippen molar-refractivity contribution in [1.82, 2.24) is 10.6 Å². The normalized spacial score (nSPS) is 11.4. The zero-order valence-electron chi connectivity index (χ0n) is 14.9. The lowest BCUT2D eigenvalue weighted by Crippen LogP contribution is -2.38. The largest absolute Gasteiger partial charge is 0.380 e. The molecule has 2 aromatic rings. The van der Waals surface area contributed by atoms with Crippen molar-refractivity contribution in [1.29, 1.82) is 0 Å². The minimum absolute atomic E-state index is 0.164. The minimum Gasteiger partial charge on any atom is -0.380 e. The van der Waals surface area contributed by atoms with E-state index in [2.05, 4.69) is 27.8 Å².